The monoisotopic (exact) mass is 948 g/mol. The molecule has 3 aliphatic rings. The molecule has 388 valence electrons. The van der Waals surface area contributed by atoms with Gasteiger partial charge in [0.05, 0.1) is 83.8 Å². The normalized spacial score (nSPS) is 23.6. The van der Waals surface area contributed by atoms with E-state index in [1.54, 1.807) is 0 Å². The van der Waals surface area contributed by atoms with Crippen LogP contribution in [0.4, 0.5) is 0 Å². The van der Waals surface area contributed by atoms with Gasteiger partial charge in [-0.15, -0.1) is 0 Å². The van der Waals surface area contributed by atoms with E-state index in [-0.39, 0.29) is 60.5 Å². The van der Waals surface area contributed by atoms with Gasteiger partial charge in [-0.05, 0) is 45.4 Å². The van der Waals surface area contributed by atoms with Crippen LogP contribution >= 0.6 is 0 Å². The molecule has 0 aromatic rings. The fourth-order valence-corrected chi connectivity index (χ4v) is 7.38. The minimum Gasteiger partial charge on any atom is -0.480 e. The van der Waals surface area contributed by atoms with Crippen molar-refractivity contribution >= 4 is 11.9 Å². The van der Waals surface area contributed by atoms with E-state index in [0.717, 1.165) is 24.5 Å². The highest BCUT2D eigenvalue weighted by molar-refractivity contribution is 5.75. The summed E-state index contributed by atoms with van der Waals surface area (Å²) >= 11 is 0. The molecule has 0 aromatic carbocycles. The third-order valence-electron chi connectivity index (χ3n) is 12.3. The van der Waals surface area contributed by atoms with Gasteiger partial charge in [0.1, 0.15) is 18.3 Å². The minimum atomic E-state index is -0.915. The third kappa shape index (κ3) is 26.1. The highest BCUT2D eigenvalue weighted by atomic mass is 16.6. The Morgan fingerprint density at radius 1 is 0.742 bits per heavy atom. The van der Waals surface area contributed by atoms with Gasteiger partial charge >= 0.3 is 5.97 Å². The van der Waals surface area contributed by atoms with Crippen LogP contribution in [0, 0.1) is 28.1 Å². The van der Waals surface area contributed by atoms with E-state index in [1.807, 2.05) is 20.8 Å². The van der Waals surface area contributed by atoms with Crippen LogP contribution in [0.3, 0.4) is 0 Å². The van der Waals surface area contributed by atoms with Crippen molar-refractivity contribution in [1.29, 1.82) is 0 Å². The molecule has 0 aromatic heterocycles. The summed E-state index contributed by atoms with van der Waals surface area (Å²) in [6.45, 7) is 28.5. The lowest BCUT2D eigenvalue weighted by atomic mass is 9.82. The molecule has 2 heterocycles. The van der Waals surface area contributed by atoms with Gasteiger partial charge in [0.2, 0.25) is 5.91 Å². The van der Waals surface area contributed by atoms with Crippen LogP contribution < -0.4 is 16.0 Å². The Bertz CT molecular complexity index is 1360. The predicted octanol–water partition coefficient (Wildman–Crippen LogP) is 3.82. The Morgan fingerprint density at radius 2 is 1.33 bits per heavy atom. The second-order valence-electron chi connectivity index (χ2n) is 21.7. The lowest BCUT2D eigenvalue weighted by Crippen LogP contribution is -2.47. The van der Waals surface area contributed by atoms with Crippen molar-refractivity contribution in [3.8, 4) is 0 Å². The largest absolute Gasteiger partial charge is 0.480 e. The number of nitrogens with one attached hydrogen (secondary N) is 3. The first kappa shape index (κ1) is 60.1. The Balaban J connectivity index is 0.000000460. The van der Waals surface area contributed by atoms with E-state index >= 15 is 0 Å². The molecule has 17 heteroatoms. The van der Waals surface area contributed by atoms with E-state index in [2.05, 4.69) is 64.1 Å². The second-order valence-corrected chi connectivity index (χ2v) is 21.7. The van der Waals surface area contributed by atoms with Gasteiger partial charge in [-0.1, -0.05) is 74.3 Å². The zero-order chi connectivity index (χ0) is 49.4. The van der Waals surface area contributed by atoms with Crippen molar-refractivity contribution in [2.24, 2.45) is 28.1 Å². The molecule has 2 saturated heterocycles. The lowest BCUT2D eigenvalue weighted by molar-refractivity contribution is -0.169. The van der Waals surface area contributed by atoms with E-state index in [1.165, 1.54) is 19.3 Å². The maximum absolute atomic E-state index is 12.1. The van der Waals surface area contributed by atoms with Gasteiger partial charge < -0.3 is 74.6 Å². The van der Waals surface area contributed by atoms with E-state index in [0.29, 0.717) is 98.2 Å². The smallest absolute Gasteiger partial charge is 0.317 e. The van der Waals surface area contributed by atoms with Gasteiger partial charge in [-0.2, -0.15) is 0 Å². The first-order valence-corrected chi connectivity index (χ1v) is 24.4. The zero-order valence-corrected chi connectivity index (χ0v) is 42.2. The first-order valence-electron chi connectivity index (χ1n) is 24.4. The Kier molecular flexibility index (Phi) is 27.9. The standard InChI is InChI=1S/C26H50N2O8.C23H43NO6/c1-7-20(27-12-23(30)31)13-33-10-8-19(2)28-15-25(3,4)16-35-18-26(5,6)17-34-14-22-24(32)21(29)9-11-36-22;1-22(2,14-24-20(26)9-8-17-6-5-7-17)15-28-16-23(3,4)30-13-19-21(27)18(12-25)10-11-29-19/h20-22,24,27-29,32H,2,7-18H2,1,3-6H3,(H,30,31);17-19,21,25,27H,5-16H2,1-4H3,(H,24,26). The number of carbonyl (C=O) groups excluding carboxylic acids is 1. The molecular weight excluding hydrogens is 855 g/mol. The van der Waals surface area contributed by atoms with Gasteiger partial charge in [0, 0.05) is 79.7 Å². The van der Waals surface area contributed by atoms with Crippen molar-refractivity contribution < 1.29 is 68.3 Å². The van der Waals surface area contributed by atoms with Crippen molar-refractivity contribution in [2.75, 3.05) is 98.9 Å². The number of carboxylic acid groups (broad SMARTS) is 1. The summed E-state index contributed by atoms with van der Waals surface area (Å²) in [4.78, 5) is 22.7. The minimum absolute atomic E-state index is 0.0214. The van der Waals surface area contributed by atoms with Crippen molar-refractivity contribution in [3.63, 3.8) is 0 Å². The second kappa shape index (κ2) is 30.6. The molecule has 0 spiro atoms. The lowest BCUT2D eigenvalue weighted by Gasteiger charge is -2.36. The highest BCUT2D eigenvalue weighted by Gasteiger charge is 2.35. The Hall–Kier alpha value is -2.00. The molecule has 7 unspecified atom stereocenters. The molecule has 1 amide bonds. The van der Waals surface area contributed by atoms with Gasteiger partial charge in [-0.25, -0.2) is 0 Å². The van der Waals surface area contributed by atoms with E-state index < -0.39 is 42.1 Å². The summed E-state index contributed by atoms with van der Waals surface area (Å²) < 4.78 is 40.4. The van der Waals surface area contributed by atoms with Crippen LogP contribution in [0.1, 0.15) is 120 Å². The van der Waals surface area contributed by atoms with Crippen molar-refractivity contribution in [1.82, 2.24) is 16.0 Å². The summed E-state index contributed by atoms with van der Waals surface area (Å²) in [5.74, 6) is -0.146. The molecule has 17 nitrogen and oxygen atoms in total. The molecular formula is C49H93N3O14. The van der Waals surface area contributed by atoms with E-state index in [9.17, 15) is 30.0 Å². The quantitative estimate of drug-likeness (QED) is 0.0437. The number of hydrogen-bond donors (Lipinski definition) is 8. The summed E-state index contributed by atoms with van der Waals surface area (Å²) in [5.41, 5.74) is -0.125. The maximum Gasteiger partial charge on any atom is 0.317 e. The maximum atomic E-state index is 12.1. The number of ether oxygens (including phenoxy) is 7. The number of carbonyl (C=O) groups is 2. The molecule has 8 N–H and O–H groups in total. The van der Waals surface area contributed by atoms with Crippen molar-refractivity contribution in [2.45, 2.75) is 162 Å². The molecule has 3 rings (SSSR count). The van der Waals surface area contributed by atoms with E-state index in [4.69, 9.17) is 38.3 Å². The molecule has 66 heavy (non-hydrogen) atoms. The third-order valence-corrected chi connectivity index (χ3v) is 12.3. The number of aliphatic hydroxyl groups excluding tert-OH is 4. The SMILES string of the molecule is C=C(CCOCC(CC)NCC(=O)O)NCC(C)(C)COCC(C)(C)COCC1OCCC(O)C1O.CC(C)(CNC(=O)CCC1CCC1)COCC(C)(C)OCC1OCCC(CO)C1O. The fraction of sp³-hybridized carbons (Fsp3) is 0.918. The summed E-state index contributed by atoms with van der Waals surface area (Å²) in [6.07, 6.45) is 4.74. The van der Waals surface area contributed by atoms with Crippen LogP contribution in [0.15, 0.2) is 12.3 Å². The first-order chi connectivity index (χ1) is 31.0. The molecule has 0 radical (unpaired) electrons. The summed E-state index contributed by atoms with van der Waals surface area (Å²) in [6, 6.07) is 0.0214. The van der Waals surface area contributed by atoms with Gasteiger partial charge in [0.25, 0.3) is 0 Å². The Labute approximate surface area is 396 Å². The number of rotatable bonds is 33. The number of carboxylic acids is 1. The molecule has 1 saturated carbocycles. The number of amides is 1. The number of aliphatic hydroxyl groups is 4. The van der Waals surface area contributed by atoms with Crippen LogP contribution in [0.5, 0.6) is 0 Å². The average Bonchev–Trinajstić information content (AvgIpc) is 3.22. The van der Waals surface area contributed by atoms with Gasteiger partial charge in [-0.3, -0.25) is 9.59 Å². The number of aliphatic carboxylic acids is 1. The topological polar surface area (TPSA) is 236 Å². The van der Waals surface area contributed by atoms with Gasteiger partial charge in [0.15, 0.2) is 0 Å². The molecule has 3 fully saturated rings. The predicted molar refractivity (Wildman–Crippen MR) is 253 cm³/mol. The zero-order valence-electron chi connectivity index (χ0n) is 42.2. The summed E-state index contributed by atoms with van der Waals surface area (Å²) in [7, 11) is 0. The van der Waals surface area contributed by atoms with Crippen LogP contribution in [-0.2, 0) is 42.7 Å². The Morgan fingerprint density at radius 3 is 1.94 bits per heavy atom. The molecule has 1 aliphatic carbocycles. The van der Waals surface area contributed by atoms with Crippen LogP contribution in [0.25, 0.3) is 0 Å². The fourth-order valence-electron chi connectivity index (χ4n) is 7.38. The number of hydrogen-bond acceptors (Lipinski definition) is 15. The van der Waals surface area contributed by atoms with Crippen molar-refractivity contribution in [3.05, 3.63) is 12.3 Å². The summed E-state index contributed by atoms with van der Waals surface area (Å²) in [5, 5.41) is 57.5. The average molecular weight is 948 g/mol. The van der Waals surface area contributed by atoms with Crippen LogP contribution in [0.2, 0.25) is 0 Å². The molecule has 2 aliphatic heterocycles. The van der Waals surface area contributed by atoms with Crippen LogP contribution in [-0.4, -0.2) is 178 Å². The highest BCUT2D eigenvalue weighted by Crippen LogP contribution is 2.30. The molecule has 0 bridgehead atoms. The molecule has 7 atom stereocenters.